The summed E-state index contributed by atoms with van der Waals surface area (Å²) in [5.74, 6) is 1.69. The largest absolute Gasteiger partial charge is 0.467 e. The van der Waals surface area contributed by atoms with Crippen LogP contribution < -0.4 is 10.6 Å². The number of benzene rings is 1. The van der Waals surface area contributed by atoms with Gasteiger partial charge in [0.05, 0.1) is 6.26 Å². The summed E-state index contributed by atoms with van der Waals surface area (Å²) >= 11 is 0. The fraction of sp³-hybridized carbons (Fsp3) is 0.389. The van der Waals surface area contributed by atoms with Crippen LogP contribution in [0.25, 0.3) is 0 Å². The first kappa shape index (κ1) is 19.5. The molecule has 1 aromatic carbocycles. The van der Waals surface area contributed by atoms with Gasteiger partial charge in [0.15, 0.2) is 5.96 Å². The highest BCUT2D eigenvalue weighted by molar-refractivity contribution is 14.0. The normalized spacial score (nSPS) is 11.0. The van der Waals surface area contributed by atoms with Gasteiger partial charge < -0.3 is 15.1 Å². The van der Waals surface area contributed by atoms with Crippen LogP contribution in [0.4, 0.5) is 0 Å². The van der Waals surface area contributed by atoms with Gasteiger partial charge in [-0.25, -0.2) is 4.99 Å². The molecule has 0 fully saturated rings. The lowest BCUT2D eigenvalue weighted by atomic mass is 10.0. The Morgan fingerprint density at radius 2 is 2.00 bits per heavy atom. The van der Waals surface area contributed by atoms with E-state index < -0.39 is 0 Å². The summed E-state index contributed by atoms with van der Waals surface area (Å²) < 4.78 is 5.30. The fourth-order valence-electron chi connectivity index (χ4n) is 2.34. The predicted octanol–water partition coefficient (Wildman–Crippen LogP) is 3.81. The lowest BCUT2D eigenvalue weighted by Gasteiger charge is -2.12. The Labute approximate surface area is 155 Å². The van der Waals surface area contributed by atoms with E-state index in [1.807, 2.05) is 12.1 Å². The van der Waals surface area contributed by atoms with Crippen LogP contribution in [-0.2, 0) is 13.0 Å². The van der Waals surface area contributed by atoms with Gasteiger partial charge in [-0.3, -0.25) is 0 Å². The Kier molecular flexibility index (Phi) is 8.76. The molecule has 1 heterocycles. The predicted molar refractivity (Wildman–Crippen MR) is 107 cm³/mol. The summed E-state index contributed by atoms with van der Waals surface area (Å²) in [6, 6.07) is 10.4. The number of aliphatic imine (C=N–C) groups is 1. The molecule has 126 valence electrons. The minimum Gasteiger partial charge on any atom is -0.467 e. The molecule has 0 unspecified atom stereocenters. The molecule has 0 saturated heterocycles. The monoisotopic (exact) mass is 427 g/mol. The molecule has 2 N–H and O–H groups in total. The highest BCUT2D eigenvalue weighted by Crippen LogP contribution is 2.10. The van der Waals surface area contributed by atoms with Crippen molar-refractivity contribution >= 4 is 29.9 Å². The Hall–Kier alpha value is -1.50. The number of furan rings is 1. The Bertz CT molecular complexity index is 609. The first-order chi connectivity index (χ1) is 10.7. The minimum absolute atomic E-state index is 0. The molecule has 0 spiro atoms. The molecule has 0 aliphatic carbocycles. The standard InChI is InChI=1S/C18H25N3O.HI/c1-4-19-18(21-13-17-6-5-11-22-17)20-10-9-16-8-7-14(2)12-15(16)3;/h5-8,11-12H,4,9-10,13H2,1-3H3,(H2,19,20,21);1H. The zero-order valence-corrected chi connectivity index (χ0v) is 16.4. The van der Waals surface area contributed by atoms with Crippen LogP contribution >= 0.6 is 24.0 Å². The first-order valence-corrected chi connectivity index (χ1v) is 7.79. The Balaban J connectivity index is 0.00000264. The van der Waals surface area contributed by atoms with E-state index in [4.69, 9.17) is 4.42 Å². The molecule has 5 heteroatoms. The lowest BCUT2D eigenvalue weighted by Crippen LogP contribution is -2.38. The van der Waals surface area contributed by atoms with Crippen molar-refractivity contribution in [2.24, 2.45) is 4.99 Å². The third-order valence-electron chi connectivity index (χ3n) is 3.50. The van der Waals surface area contributed by atoms with E-state index in [1.54, 1.807) is 6.26 Å². The van der Waals surface area contributed by atoms with Crippen molar-refractivity contribution in [2.45, 2.75) is 33.7 Å². The van der Waals surface area contributed by atoms with Gasteiger partial charge in [0.2, 0.25) is 0 Å². The van der Waals surface area contributed by atoms with Crippen molar-refractivity contribution in [3.63, 3.8) is 0 Å². The van der Waals surface area contributed by atoms with Gasteiger partial charge in [-0.05, 0) is 50.5 Å². The van der Waals surface area contributed by atoms with Crippen molar-refractivity contribution in [3.05, 3.63) is 59.0 Å². The van der Waals surface area contributed by atoms with Crippen molar-refractivity contribution in [1.29, 1.82) is 0 Å². The van der Waals surface area contributed by atoms with E-state index in [0.717, 1.165) is 31.2 Å². The Morgan fingerprint density at radius 3 is 2.65 bits per heavy atom. The zero-order chi connectivity index (χ0) is 15.8. The molecule has 23 heavy (non-hydrogen) atoms. The molecule has 0 aliphatic rings. The molecule has 0 radical (unpaired) electrons. The van der Waals surface area contributed by atoms with Crippen LogP contribution in [0.15, 0.2) is 46.0 Å². The van der Waals surface area contributed by atoms with Crippen LogP contribution in [0.1, 0.15) is 29.4 Å². The van der Waals surface area contributed by atoms with E-state index in [2.05, 4.69) is 54.6 Å². The lowest BCUT2D eigenvalue weighted by molar-refractivity contribution is 0.512. The molecule has 0 bridgehead atoms. The number of halogens is 1. The highest BCUT2D eigenvalue weighted by atomic mass is 127. The number of rotatable bonds is 6. The third kappa shape index (κ3) is 6.64. The number of aryl methyl sites for hydroxylation is 2. The SMILES string of the molecule is CCNC(=NCc1ccco1)NCCc1ccc(C)cc1C.I. The fourth-order valence-corrected chi connectivity index (χ4v) is 2.34. The maximum Gasteiger partial charge on any atom is 0.191 e. The van der Waals surface area contributed by atoms with Gasteiger partial charge in [0.25, 0.3) is 0 Å². The number of nitrogens with zero attached hydrogens (tertiary/aromatic N) is 1. The molecule has 0 aliphatic heterocycles. The van der Waals surface area contributed by atoms with Crippen LogP contribution in [0.2, 0.25) is 0 Å². The molecule has 0 saturated carbocycles. The van der Waals surface area contributed by atoms with Crippen molar-refractivity contribution < 1.29 is 4.42 Å². The quantitative estimate of drug-likeness (QED) is 0.419. The second-order valence-electron chi connectivity index (χ2n) is 5.38. The van der Waals surface area contributed by atoms with Gasteiger partial charge in [-0.2, -0.15) is 0 Å². The third-order valence-corrected chi connectivity index (χ3v) is 3.50. The van der Waals surface area contributed by atoms with Gasteiger partial charge in [-0.15, -0.1) is 24.0 Å². The Morgan fingerprint density at radius 1 is 1.17 bits per heavy atom. The first-order valence-electron chi connectivity index (χ1n) is 7.79. The van der Waals surface area contributed by atoms with Crippen LogP contribution in [0.5, 0.6) is 0 Å². The van der Waals surface area contributed by atoms with E-state index in [-0.39, 0.29) is 24.0 Å². The van der Waals surface area contributed by atoms with Crippen LogP contribution in [-0.4, -0.2) is 19.0 Å². The summed E-state index contributed by atoms with van der Waals surface area (Å²) in [6.45, 7) is 8.60. The van der Waals surface area contributed by atoms with Gasteiger partial charge in [-0.1, -0.05) is 23.8 Å². The molecular formula is C18H26IN3O. The minimum atomic E-state index is 0. The molecule has 0 amide bonds. The van der Waals surface area contributed by atoms with Gasteiger partial charge in [0.1, 0.15) is 12.3 Å². The molecular weight excluding hydrogens is 401 g/mol. The molecule has 2 aromatic rings. The topological polar surface area (TPSA) is 49.6 Å². The van der Waals surface area contributed by atoms with E-state index in [9.17, 15) is 0 Å². The van der Waals surface area contributed by atoms with Crippen LogP contribution in [0.3, 0.4) is 0 Å². The summed E-state index contributed by atoms with van der Waals surface area (Å²) in [5.41, 5.74) is 4.03. The molecule has 2 rings (SSSR count). The smallest absolute Gasteiger partial charge is 0.191 e. The summed E-state index contributed by atoms with van der Waals surface area (Å²) in [6.07, 6.45) is 2.66. The van der Waals surface area contributed by atoms with Crippen molar-refractivity contribution in [1.82, 2.24) is 10.6 Å². The van der Waals surface area contributed by atoms with Crippen molar-refractivity contribution in [2.75, 3.05) is 13.1 Å². The average Bonchev–Trinajstić information content (AvgIpc) is 3.00. The molecule has 0 atom stereocenters. The van der Waals surface area contributed by atoms with E-state index >= 15 is 0 Å². The maximum atomic E-state index is 5.30. The van der Waals surface area contributed by atoms with Gasteiger partial charge in [0, 0.05) is 13.1 Å². The van der Waals surface area contributed by atoms with Crippen LogP contribution in [0, 0.1) is 13.8 Å². The summed E-state index contributed by atoms with van der Waals surface area (Å²) in [7, 11) is 0. The number of hydrogen-bond acceptors (Lipinski definition) is 2. The zero-order valence-electron chi connectivity index (χ0n) is 14.1. The second-order valence-corrected chi connectivity index (χ2v) is 5.38. The molecule has 1 aromatic heterocycles. The number of hydrogen-bond donors (Lipinski definition) is 2. The summed E-state index contributed by atoms with van der Waals surface area (Å²) in [4.78, 5) is 4.52. The van der Waals surface area contributed by atoms with E-state index in [0.29, 0.717) is 6.54 Å². The number of nitrogens with one attached hydrogen (secondary N) is 2. The highest BCUT2D eigenvalue weighted by Gasteiger charge is 2.01. The average molecular weight is 427 g/mol. The van der Waals surface area contributed by atoms with E-state index in [1.165, 1.54) is 16.7 Å². The van der Waals surface area contributed by atoms with Crippen molar-refractivity contribution in [3.8, 4) is 0 Å². The number of guanidine groups is 1. The van der Waals surface area contributed by atoms with Gasteiger partial charge >= 0.3 is 0 Å². The second kappa shape index (κ2) is 10.3. The molecule has 4 nitrogen and oxygen atoms in total. The summed E-state index contributed by atoms with van der Waals surface area (Å²) in [5, 5.41) is 6.62. The maximum absolute atomic E-state index is 5.30.